The van der Waals surface area contributed by atoms with Crippen molar-refractivity contribution in [1.82, 2.24) is 4.90 Å². The lowest BCUT2D eigenvalue weighted by atomic mass is 9.93. The number of carboxylic acids is 1. The molecule has 1 amide bonds. The van der Waals surface area contributed by atoms with Crippen LogP contribution in [0.25, 0.3) is 0 Å². The summed E-state index contributed by atoms with van der Waals surface area (Å²) < 4.78 is 5.34. The summed E-state index contributed by atoms with van der Waals surface area (Å²) in [5.74, 6) is -1.35. The van der Waals surface area contributed by atoms with Crippen LogP contribution in [0.3, 0.4) is 0 Å². The number of ether oxygens (including phenoxy) is 1. The van der Waals surface area contributed by atoms with Gasteiger partial charge in [-0.25, -0.2) is 0 Å². The first-order chi connectivity index (χ1) is 10.0. The van der Waals surface area contributed by atoms with Gasteiger partial charge in [-0.2, -0.15) is 0 Å². The maximum Gasteiger partial charge on any atom is 0.309 e. The maximum absolute atomic E-state index is 12.2. The average molecular weight is 310 g/mol. The smallest absolute Gasteiger partial charge is 0.309 e. The monoisotopic (exact) mass is 309 g/mol. The molecule has 0 radical (unpaired) electrons. The van der Waals surface area contributed by atoms with Crippen molar-refractivity contribution in [3.8, 4) is 5.75 Å². The van der Waals surface area contributed by atoms with Gasteiger partial charge < -0.3 is 14.7 Å². The number of benzene rings is 1. The Kier molecular flexibility index (Phi) is 3.53. The number of hydrogen-bond donors (Lipinski definition) is 1. The first-order valence-corrected chi connectivity index (χ1v) is 7.28. The van der Waals surface area contributed by atoms with Gasteiger partial charge in [0.25, 0.3) is 0 Å². The molecule has 0 bridgehead atoms. The lowest BCUT2D eigenvalue weighted by Crippen LogP contribution is -2.32. The lowest BCUT2D eigenvalue weighted by Gasteiger charge is -2.29. The van der Waals surface area contributed by atoms with Crippen molar-refractivity contribution in [2.45, 2.75) is 31.3 Å². The molecule has 2 unspecified atom stereocenters. The van der Waals surface area contributed by atoms with Crippen LogP contribution in [0.5, 0.6) is 5.75 Å². The zero-order chi connectivity index (χ0) is 15.1. The minimum Gasteiger partial charge on any atom is -0.496 e. The summed E-state index contributed by atoms with van der Waals surface area (Å²) in [5, 5.41) is 9.91. The van der Waals surface area contributed by atoms with Gasteiger partial charge in [-0.3, -0.25) is 9.59 Å². The molecular weight excluding hydrogens is 294 g/mol. The van der Waals surface area contributed by atoms with Crippen molar-refractivity contribution in [1.29, 1.82) is 0 Å². The Hall–Kier alpha value is -1.75. The Morgan fingerprint density at radius 1 is 1.43 bits per heavy atom. The van der Waals surface area contributed by atoms with E-state index in [4.69, 9.17) is 16.3 Å². The Balaban J connectivity index is 2.11. The lowest BCUT2D eigenvalue weighted by molar-refractivity contribution is -0.142. The molecule has 1 aromatic rings. The number of amides is 1. The summed E-state index contributed by atoms with van der Waals surface area (Å²) in [5.41, 5.74) is 0.604. The van der Waals surface area contributed by atoms with Crippen LogP contribution >= 0.6 is 11.6 Å². The SMILES string of the molecule is COc1cccc(Cl)c1C1C(C(=O)O)CC(=O)N1C1CC1. The van der Waals surface area contributed by atoms with Gasteiger partial charge in [-0.05, 0) is 25.0 Å². The summed E-state index contributed by atoms with van der Waals surface area (Å²) in [6.45, 7) is 0. The molecule has 1 N–H and O–H groups in total. The van der Waals surface area contributed by atoms with Crippen molar-refractivity contribution in [3.63, 3.8) is 0 Å². The molecule has 6 heteroatoms. The van der Waals surface area contributed by atoms with Gasteiger partial charge in [0.1, 0.15) is 5.75 Å². The normalized spacial score (nSPS) is 25.2. The highest BCUT2D eigenvalue weighted by Crippen LogP contribution is 2.49. The minimum atomic E-state index is -0.974. The Labute approximate surface area is 127 Å². The van der Waals surface area contributed by atoms with E-state index in [-0.39, 0.29) is 18.4 Å². The van der Waals surface area contributed by atoms with Crippen LogP contribution in [0.4, 0.5) is 0 Å². The molecule has 1 aliphatic heterocycles. The van der Waals surface area contributed by atoms with Crippen molar-refractivity contribution >= 4 is 23.5 Å². The van der Waals surface area contributed by atoms with Gasteiger partial charge in [0.05, 0.1) is 19.1 Å². The third-order valence-electron chi connectivity index (χ3n) is 4.15. The summed E-state index contributed by atoms with van der Waals surface area (Å²) in [6.07, 6.45) is 1.85. The molecule has 1 aliphatic carbocycles. The molecule has 1 saturated heterocycles. The van der Waals surface area contributed by atoms with Crippen molar-refractivity contribution < 1.29 is 19.4 Å². The number of carbonyl (C=O) groups excluding carboxylic acids is 1. The zero-order valence-electron chi connectivity index (χ0n) is 11.6. The number of rotatable bonds is 4. The van der Waals surface area contributed by atoms with Gasteiger partial charge in [0.2, 0.25) is 5.91 Å². The van der Waals surface area contributed by atoms with Crippen LogP contribution in [-0.4, -0.2) is 35.0 Å². The number of nitrogens with zero attached hydrogens (tertiary/aromatic N) is 1. The van der Waals surface area contributed by atoms with E-state index in [0.717, 1.165) is 12.8 Å². The van der Waals surface area contributed by atoms with E-state index in [9.17, 15) is 14.7 Å². The van der Waals surface area contributed by atoms with Crippen molar-refractivity contribution in [3.05, 3.63) is 28.8 Å². The molecule has 0 aromatic heterocycles. The fourth-order valence-electron chi connectivity index (χ4n) is 3.08. The maximum atomic E-state index is 12.2. The predicted molar refractivity (Wildman–Crippen MR) is 76.4 cm³/mol. The van der Waals surface area contributed by atoms with Gasteiger partial charge in [-0.15, -0.1) is 0 Å². The Morgan fingerprint density at radius 3 is 2.71 bits per heavy atom. The molecule has 2 atom stereocenters. The quantitative estimate of drug-likeness (QED) is 0.928. The van der Waals surface area contributed by atoms with Crippen molar-refractivity contribution in [2.75, 3.05) is 7.11 Å². The zero-order valence-corrected chi connectivity index (χ0v) is 12.3. The Bertz CT molecular complexity index is 599. The summed E-state index contributed by atoms with van der Waals surface area (Å²) in [7, 11) is 1.52. The highest BCUT2D eigenvalue weighted by Gasteiger charge is 2.51. The van der Waals surface area contributed by atoms with E-state index in [1.165, 1.54) is 7.11 Å². The van der Waals surface area contributed by atoms with Crippen LogP contribution in [0.1, 0.15) is 30.9 Å². The molecule has 1 aromatic carbocycles. The van der Waals surface area contributed by atoms with Gasteiger partial charge >= 0.3 is 5.97 Å². The number of hydrogen-bond acceptors (Lipinski definition) is 3. The molecule has 2 fully saturated rings. The molecule has 2 aliphatic rings. The Morgan fingerprint density at radius 2 is 2.14 bits per heavy atom. The van der Waals surface area contributed by atoms with Crippen LogP contribution in [0.15, 0.2) is 18.2 Å². The third kappa shape index (κ3) is 2.35. The fourth-order valence-corrected chi connectivity index (χ4v) is 3.36. The molecule has 112 valence electrons. The number of likely N-dealkylation sites (tertiary alicyclic amines) is 1. The first kappa shape index (κ1) is 14.2. The molecule has 1 heterocycles. The minimum absolute atomic E-state index is 0.0187. The third-order valence-corrected chi connectivity index (χ3v) is 4.48. The molecule has 1 saturated carbocycles. The summed E-state index contributed by atoms with van der Waals surface area (Å²) in [6, 6.07) is 4.78. The first-order valence-electron chi connectivity index (χ1n) is 6.91. The number of methoxy groups -OCH3 is 1. The van der Waals surface area contributed by atoms with Crippen LogP contribution in [-0.2, 0) is 9.59 Å². The van der Waals surface area contributed by atoms with E-state index in [0.29, 0.717) is 16.3 Å². The summed E-state index contributed by atoms with van der Waals surface area (Å²) in [4.78, 5) is 25.5. The second-order valence-electron chi connectivity index (χ2n) is 5.48. The molecule has 5 nitrogen and oxygen atoms in total. The predicted octanol–water partition coefficient (Wildman–Crippen LogP) is 2.49. The molecular formula is C15H16ClNO4. The van der Waals surface area contributed by atoms with E-state index in [1.807, 2.05) is 0 Å². The standard InChI is InChI=1S/C15H16ClNO4/c1-21-11-4-2-3-10(16)13(11)14-9(15(19)20)7-12(18)17(14)8-5-6-8/h2-4,8-9,14H,5-7H2,1H3,(H,19,20). The van der Waals surface area contributed by atoms with Gasteiger partial charge in [-0.1, -0.05) is 17.7 Å². The number of carbonyl (C=O) groups is 2. The number of aliphatic carboxylic acids is 1. The van der Waals surface area contributed by atoms with E-state index in [1.54, 1.807) is 23.1 Å². The highest BCUT2D eigenvalue weighted by atomic mass is 35.5. The molecule has 21 heavy (non-hydrogen) atoms. The van der Waals surface area contributed by atoms with E-state index in [2.05, 4.69) is 0 Å². The van der Waals surface area contributed by atoms with Gasteiger partial charge in [0, 0.05) is 23.0 Å². The summed E-state index contributed by atoms with van der Waals surface area (Å²) >= 11 is 6.29. The van der Waals surface area contributed by atoms with Crippen LogP contribution < -0.4 is 4.74 Å². The largest absolute Gasteiger partial charge is 0.496 e. The average Bonchev–Trinajstić information content (AvgIpc) is 3.22. The number of halogens is 1. The topological polar surface area (TPSA) is 66.8 Å². The van der Waals surface area contributed by atoms with E-state index >= 15 is 0 Å². The fraction of sp³-hybridized carbons (Fsp3) is 0.467. The second kappa shape index (κ2) is 5.22. The second-order valence-corrected chi connectivity index (χ2v) is 5.89. The van der Waals surface area contributed by atoms with E-state index < -0.39 is 17.9 Å². The van der Waals surface area contributed by atoms with Crippen LogP contribution in [0.2, 0.25) is 5.02 Å². The van der Waals surface area contributed by atoms with Crippen LogP contribution in [0, 0.1) is 5.92 Å². The highest BCUT2D eigenvalue weighted by molar-refractivity contribution is 6.31. The molecule has 0 spiro atoms. The van der Waals surface area contributed by atoms with Crippen molar-refractivity contribution in [2.24, 2.45) is 5.92 Å². The molecule has 3 rings (SSSR count). The van der Waals surface area contributed by atoms with Gasteiger partial charge in [0.15, 0.2) is 0 Å². The number of carboxylic acid groups (broad SMARTS) is 1.